The molecule has 0 heterocycles. The van der Waals surface area contributed by atoms with Crippen LogP contribution in [0.4, 0.5) is 0 Å². The van der Waals surface area contributed by atoms with Gasteiger partial charge in [0.1, 0.15) is 0 Å². The van der Waals surface area contributed by atoms with Crippen LogP contribution < -0.4 is 0 Å². The fourth-order valence-electron chi connectivity index (χ4n) is 1.16. The second-order valence-electron chi connectivity index (χ2n) is 3.19. The van der Waals surface area contributed by atoms with E-state index >= 15 is 0 Å². The number of hydrogen-bond acceptors (Lipinski definition) is 6. The summed E-state index contributed by atoms with van der Waals surface area (Å²) in [6.45, 7) is 7.81. The fraction of sp³-hybridized carbons (Fsp3) is 0.778. The van der Waals surface area contributed by atoms with E-state index in [1.54, 1.807) is 13.8 Å². The Morgan fingerprint density at radius 2 is 1.62 bits per heavy atom. The van der Waals surface area contributed by atoms with Gasteiger partial charge in [-0.1, -0.05) is 0 Å². The maximum atomic E-state index is 10.9. The van der Waals surface area contributed by atoms with E-state index in [9.17, 15) is 9.59 Å². The van der Waals surface area contributed by atoms with Gasteiger partial charge in [0.25, 0.3) is 11.9 Å². The molecule has 0 radical (unpaired) electrons. The molecule has 0 aromatic rings. The number of carbonyl (C=O) groups excluding carboxylic acids is 2. The van der Waals surface area contributed by atoms with E-state index in [1.165, 1.54) is 20.4 Å². The normalized spacial score (nSPS) is 13.1. The first-order valence-corrected chi connectivity index (χ1v) is 7.20. The van der Waals surface area contributed by atoms with Crippen molar-refractivity contribution in [3.63, 3.8) is 0 Å². The van der Waals surface area contributed by atoms with Crippen LogP contribution in [0.25, 0.3) is 0 Å². The summed E-state index contributed by atoms with van der Waals surface area (Å²) in [5, 5.41) is 0. The Morgan fingerprint density at radius 3 is 1.94 bits per heavy atom. The van der Waals surface area contributed by atoms with E-state index in [0.717, 1.165) is 0 Å². The van der Waals surface area contributed by atoms with Crippen molar-refractivity contribution in [3.8, 4) is 0 Å². The predicted octanol–water partition coefficient (Wildman–Crippen LogP) is 1.08. The molecule has 1 unspecified atom stereocenters. The molecule has 0 N–H and O–H groups in total. The summed E-state index contributed by atoms with van der Waals surface area (Å²) < 4.78 is 20.3. The van der Waals surface area contributed by atoms with E-state index in [2.05, 4.69) is 0 Å². The van der Waals surface area contributed by atoms with Crippen molar-refractivity contribution >= 4 is 20.7 Å². The molecule has 0 fully saturated rings. The van der Waals surface area contributed by atoms with Gasteiger partial charge in [-0.2, -0.15) is 0 Å². The minimum atomic E-state index is -3.30. The van der Waals surface area contributed by atoms with Gasteiger partial charge in [0.05, 0.1) is 0 Å². The summed E-state index contributed by atoms with van der Waals surface area (Å²) in [5.41, 5.74) is 0. The molecule has 0 aliphatic carbocycles. The molecule has 0 aliphatic heterocycles. The second kappa shape index (κ2) is 6.61. The highest BCUT2D eigenvalue weighted by Crippen LogP contribution is 2.13. The van der Waals surface area contributed by atoms with Gasteiger partial charge in [0.15, 0.2) is 6.29 Å². The molecule has 0 aromatic carbocycles. The lowest BCUT2D eigenvalue weighted by Crippen LogP contribution is -2.47. The third-order valence-electron chi connectivity index (χ3n) is 1.44. The zero-order valence-electron chi connectivity index (χ0n) is 10.2. The third kappa shape index (κ3) is 6.54. The lowest BCUT2D eigenvalue weighted by molar-refractivity contribution is -0.150. The monoisotopic (exact) mass is 250 g/mol. The van der Waals surface area contributed by atoms with E-state index in [-0.39, 0.29) is 0 Å². The first-order valence-electron chi connectivity index (χ1n) is 4.97. The zero-order chi connectivity index (χ0) is 12.8. The largest absolute Gasteiger partial charge is 0.634 e. The van der Waals surface area contributed by atoms with Crippen molar-refractivity contribution in [2.45, 2.75) is 40.5 Å². The van der Waals surface area contributed by atoms with Gasteiger partial charge < -0.3 is 18.0 Å². The van der Waals surface area contributed by atoms with E-state index < -0.39 is 27.0 Å². The van der Waals surface area contributed by atoms with Crippen LogP contribution in [0.15, 0.2) is 0 Å². The topological polar surface area (TPSA) is 71.1 Å². The standard InChI is InChI=1S/C9H18O6Si/c1-6-12-9(4)15-16(5,13-7(2)10)14-8(3)11/h9H,6H2,1-5H3. The second-order valence-corrected chi connectivity index (χ2v) is 5.56. The molecular weight excluding hydrogens is 232 g/mol. The molecule has 0 rings (SSSR count). The minimum absolute atomic E-state index is 0.450. The van der Waals surface area contributed by atoms with Crippen molar-refractivity contribution < 1.29 is 27.6 Å². The first-order chi connectivity index (χ1) is 7.29. The van der Waals surface area contributed by atoms with Gasteiger partial charge in [-0.05, 0) is 13.8 Å². The molecule has 0 saturated heterocycles. The Kier molecular flexibility index (Phi) is 6.23. The van der Waals surface area contributed by atoms with Crippen LogP contribution in [0.2, 0.25) is 6.55 Å². The summed E-state index contributed by atoms with van der Waals surface area (Å²) in [4.78, 5) is 21.8. The zero-order valence-corrected chi connectivity index (χ0v) is 11.2. The molecule has 94 valence electrons. The molecule has 1 atom stereocenters. The summed E-state index contributed by atoms with van der Waals surface area (Å²) >= 11 is 0. The van der Waals surface area contributed by atoms with Crippen LogP contribution in [-0.2, 0) is 27.6 Å². The maximum Gasteiger partial charge on any atom is 0.634 e. The van der Waals surface area contributed by atoms with Gasteiger partial charge in [0, 0.05) is 27.0 Å². The van der Waals surface area contributed by atoms with Crippen molar-refractivity contribution in [2.24, 2.45) is 0 Å². The van der Waals surface area contributed by atoms with Crippen LogP contribution in [-0.4, -0.2) is 33.6 Å². The average molecular weight is 250 g/mol. The van der Waals surface area contributed by atoms with Crippen LogP contribution in [0, 0.1) is 0 Å². The summed E-state index contributed by atoms with van der Waals surface area (Å²) in [6.07, 6.45) is -0.597. The van der Waals surface area contributed by atoms with Crippen LogP contribution >= 0.6 is 0 Å². The van der Waals surface area contributed by atoms with Crippen LogP contribution in [0.3, 0.4) is 0 Å². The molecular formula is C9H18O6Si. The van der Waals surface area contributed by atoms with Gasteiger partial charge in [-0.25, -0.2) is 0 Å². The Morgan fingerprint density at radius 1 is 1.19 bits per heavy atom. The van der Waals surface area contributed by atoms with Crippen molar-refractivity contribution in [2.75, 3.05) is 6.61 Å². The highest BCUT2D eigenvalue weighted by atomic mass is 28.4. The number of ether oxygens (including phenoxy) is 1. The van der Waals surface area contributed by atoms with E-state index in [1.807, 2.05) is 0 Å². The maximum absolute atomic E-state index is 10.9. The van der Waals surface area contributed by atoms with Crippen molar-refractivity contribution in [1.82, 2.24) is 0 Å². The van der Waals surface area contributed by atoms with E-state index in [4.69, 9.17) is 18.0 Å². The minimum Gasteiger partial charge on any atom is -0.465 e. The average Bonchev–Trinajstić information content (AvgIpc) is 1.98. The molecule has 0 spiro atoms. The molecule has 7 heteroatoms. The molecule has 16 heavy (non-hydrogen) atoms. The molecule has 6 nitrogen and oxygen atoms in total. The Bertz CT molecular complexity index is 238. The first kappa shape index (κ1) is 15.1. The summed E-state index contributed by atoms with van der Waals surface area (Å²) in [5.74, 6) is -1.11. The highest BCUT2D eigenvalue weighted by molar-refractivity contribution is 6.62. The summed E-state index contributed by atoms with van der Waals surface area (Å²) in [7, 11) is -3.30. The van der Waals surface area contributed by atoms with Gasteiger partial charge in [0.2, 0.25) is 0 Å². The number of rotatable bonds is 6. The summed E-state index contributed by atoms with van der Waals surface area (Å²) in [6, 6.07) is 0. The Hall–Kier alpha value is -0.923. The smallest absolute Gasteiger partial charge is 0.465 e. The molecule has 0 aliphatic rings. The lowest BCUT2D eigenvalue weighted by atomic mass is 10.7. The Labute approximate surface area is 96.2 Å². The number of hydrogen-bond donors (Lipinski definition) is 0. The molecule has 0 saturated carbocycles. The predicted molar refractivity (Wildman–Crippen MR) is 57.3 cm³/mol. The van der Waals surface area contributed by atoms with Crippen LogP contribution in [0.1, 0.15) is 27.7 Å². The number of carbonyl (C=O) groups is 2. The highest BCUT2D eigenvalue weighted by Gasteiger charge is 2.44. The third-order valence-corrected chi connectivity index (χ3v) is 3.52. The lowest BCUT2D eigenvalue weighted by Gasteiger charge is -2.26. The van der Waals surface area contributed by atoms with Gasteiger partial charge in [-0.15, -0.1) is 0 Å². The molecule has 0 amide bonds. The van der Waals surface area contributed by atoms with Gasteiger partial charge in [-0.3, -0.25) is 9.59 Å². The van der Waals surface area contributed by atoms with Crippen molar-refractivity contribution in [1.29, 1.82) is 0 Å². The van der Waals surface area contributed by atoms with Crippen LogP contribution in [0.5, 0.6) is 0 Å². The fourth-order valence-corrected chi connectivity index (χ4v) is 3.01. The van der Waals surface area contributed by atoms with Gasteiger partial charge >= 0.3 is 8.80 Å². The molecule has 0 aromatic heterocycles. The Balaban J connectivity index is 4.51. The van der Waals surface area contributed by atoms with Crippen molar-refractivity contribution in [3.05, 3.63) is 0 Å². The molecule has 0 bridgehead atoms. The SMILES string of the molecule is CCOC(C)O[Si](C)(OC(C)=O)OC(C)=O. The quantitative estimate of drug-likeness (QED) is 0.519. The van der Waals surface area contributed by atoms with E-state index in [0.29, 0.717) is 6.61 Å².